The summed E-state index contributed by atoms with van der Waals surface area (Å²) < 4.78 is 35.7. The van der Waals surface area contributed by atoms with Crippen LogP contribution in [0.4, 0.5) is 5.95 Å². The molecule has 0 amide bonds. The highest BCUT2D eigenvalue weighted by Crippen LogP contribution is 2.44. The number of nitrogens with zero attached hydrogens (tertiary/aromatic N) is 3. The summed E-state index contributed by atoms with van der Waals surface area (Å²) >= 11 is 0. The van der Waals surface area contributed by atoms with Crippen LogP contribution in [0.5, 0.6) is 5.75 Å². The lowest BCUT2D eigenvalue weighted by molar-refractivity contribution is -0.142. The van der Waals surface area contributed by atoms with Crippen molar-refractivity contribution in [2.75, 3.05) is 26.1 Å². The first-order valence-electron chi connectivity index (χ1n) is 9.44. The van der Waals surface area contributed by atoms with Crippen molar-refractivity contribution < 1.29 is 27.9 Å². The third-order valence-corrected chi connectivity index (χ3v) is 5.76. The summed E-state index contributed by atoms with van der Waals surface area (Å²) in [6.07, 6.45) is 1.39. The molecule has 2 aromatic heterocycles. The molecule has 0 bridgehead atoms. The number of imidazole rings is 1. The number of esters is 1. The summed E-state index contributed by atoms with van der Waals surface area (Å²) in [5, 5.41) is 2.54. The van der Waals surface area contributed by atoms with Crippen molar-refractivity contribution in [2.45, 2.75) is 19.7 Å². The maximum atomic E-state index is 13.2. The molecule has 13 nitrogen and oxygen atoms in total. The Kier molecular flexibility index (Phi) is 7.59. The van der Waals surface area contributed by atoms with E-state index in [0.717, 1.165) is 0 Å². The fourth-order valence-corrected chi connectivity index (χ4v) is 4.10. The second kappa shape index (κ2) is 10.4. The number of para-hydroxylation sites is 1. The van der Waals surface area contributed by atoms with Gasteiger partial charge >= 0.3 is 13.7 Å². The zero-order valence-electron chi connectivity index (χ0n) is 17.4. The number of rotatable bonds is 11. The van der Waals surface area contributed by atoms with Gasteiger partial charge < -0.3 is 19.7 Å². The van der Waals surface area contributed by atoms with Crippen LogP contribution < -0.4 is 20.9 Å². The van der Waals surface area contributed by atoms with E-state index in [0.29, 0.717) is 5.75 Å². The zero-order valence-corrected chi connectivity index (χ0v) is 18.3. The quantitative estimate of drug-likeness (QED) is 0.209. The van der Waals surface area contributed by atoms with Gasteiger partial charge in [-0.25, -0.2) is 9.55 Å². The minimum atomic E-state index is -3.94. The molecule has 0 saturated carbocycles. The summed E-state index contributed by atoms with van der Waals surface area (Å²) in [6.45, 7) is 1.34. The summed E-state index contributed by atoms with van der Waals surface area (Å²) in [5.41, 5.74) is 5.49. The normalized spacial score (nSPS) is 14.1. The Morgan fingerprint density at radius 2 is 2.06 bits per heavy atom. The van der Waals surface area contributed by atoms with E-state index in [-0.39, 0.29) is 37.1 Å². The van der Waals surface area contributed by atoms with Gasteiger partial charge in [-0.3, -0.25) is 23.7 Å². The first kappa shape index (κ1) is 23.4. The lowest BCUT2D eigenvalue weighted by Gasteiger charge is -2.22. The van der Waals surface area contributed by atoms with Crippen LogP contribution in [0.25, 0.3) is 11.2 Å². The Morgan fingerprint density at radius 1 is 1.31 bits per heavy atom. The second-order valence-electron chi connectivity index (χ2n) is 6.48. The molecule has 2 heterocycles. The Balaban J connectivity index is 1.59. The van der Waals surface area contributed by atoms with Gasteiger partial charge in [-0.05, 0) is 19.1 Å². The SMILES string of the molecule is COC(=O)[C@@H](C)NP(=O)(OCCOCn1cnc2c(=O)[nH]c(N)nc21)Oc1ccccc1. The molecule has 4 N–H and O–H groups in total. The van der Waals surface area contributed by atoms with Crippen LogP contribution in [-0.4, -0.2) is 51.9 Å². The third-order valence-electron chi connectivity index (χ3n) is 4.09. The van der Waals surface area contributed by atoms with Crippen LogP contribution in [0, 0.1) is 0 Å². The molecular weight excluding hydrogens is 443 g/mol. The molecule has 0 aliphatic rings. The van der Waals surface area contributed by atoms with Crippen LogP contribution >= 0.6 is 7.75 Å². The Hall–Kier alpha value is -3.25. The number of nitrogen functional groups attached to an aromatic ring is 1. The molecule has 1 aromatic carbocycles. The number of anilines is 1. The van der Waals surface area contributed by atoms with E-state index in [9.17, 15) is 14.2 Å². The number of carbonyl (C=O) groups excluding carboxylic acids is 1. The van der Waals surface area contributed by atoms with Crippen molar-refractivity contribution in [1.82, 2.24) is 24.6 Å². The molecule has 3 rings (SSSR count). The van der Waals surface area contributed by atoms with Gasteiger partial charge in [0.15, 0.2) is 11.2 Å². The molecule has 0 fully saturated rings. The molecule has 2 atom stereocenters. The van der Waals surface area contributed by atoms with E-state index in [1.165, 1.54) is 24.9 Å². The van der Waals surface area contributed by atoms with Gasteiger partial charge in [0, 0.05) is 0 Å². The number of carbonyl (C=O) groups is 1. The first-order valence-corrected chi connectivity index (χ1v) is 11.0. The molecule has 3 aromatic rings. The van der Waals surface area contributed by atoms with Crippen LogP contribution in [0.2, 0.25) is 0 Å². The minimum Gasteiger partial charge on any atom is -0.468 e. The number of aromatic amines is 1. The number of hydrogen-bond acceptors (Lipinski definition) is 10. The van der Waals surface area contributed by atoms with Crippen LogP contribution in [0.3, 0.4) is 0 Å². The van der Waals surface area contributed by atoms with Crippen molar-refractivity contribution >= 4 is 30.8 Å². The minimum absolute atomic E-state index is 0.00834. The number of hydrogen-bond donors (Lipinski definition) is 3. The highest BCUT2D eigenvalue weighted by molar-refractivity contribution is 7.52. The lowest BCUT2D eigenvalue weighted by atomic mass is 10.3. The van der Waals surface area contributed by atoms with E-state index in [2.05, 4.69) is 24.8 Å². The average molecular weight is 466 g/mol. The van der Waals surface area contributed by atoms with Crippen molar-refractivity contribution in [3.63, 3.8) is 0 Å². The lowest BCUT2D eigenvalue weighted by Crippen LogP contribution is -2.34. The highest BCUT2D eigenvalue weighted by Gasteiger charge is 2.31. The molecule has 0 radical (unpaired) electrons. The predicted octanol–water partition coefficient (Wildman–Crippen LogP) is 1.03. The number of fused-ring (bicyclic) bond motifs is 1. The third kappa shape index (κ3) is 5.92. The van der Waals surface area contributed by atoms with Gasteiger partial charge in [0.05, 0.1) is 26.7 Å². The van der Waals surface area contributed by atoms with E-state index < -0.39 is 25.3 Å². The van der Waals surface area contributed by atoms with Gasteiger partial charge in [-0.15, -0.1) is 0 Å². The van der Waals surface area contributed by atoms with Crippen molar-refractivity contribution in [1.29, 1.82) is 0 Å². The number of methoxy groups -OCH3 is 1. The van der Waals surface area contributed by atoms with Gasteiger partial charge in [-0.1, -0.05) is 18.2 Å². The molecule has 0 aliphatic carbocycles. The molecule has 172 valence electrons. The van der Waals surface area contributed by atoms with Gasteiger partial charge in [0.25, 0.3) is 5.56 Å². The standard InChI is InChI=1S/C18H23N6O7P/c1-12(17(26)28-2)23-32(27,31-13-6-4-3-5-7-13)30-9-8-29-11-24-10-20-14-15(24)21-18(19)22-16(14)25/h3-7,10,12H,8-9,11H2,1-2H3,(H,23,27)(H3,19,21,22,25)/t12-,32?/m1/s1. The number of aromatic nitrogens is 4. The van der Waals surface area contributed by atoms with Crippen molar-refractivity contribution in [2.24, 2.45) is 0 Å². The predicted molar refractivity (Wildman–Crippen MR) is 114 cm³/mol. The smallest absolute Gasteiger partial charge is 0.459 e. The molecule has 1 unspecified atom stereocenters. The number of nitrogens with two attached hydrogens (primary N) is 1. The number of H-pyrrole nitrogens is 1. The summed E-state index contributed by atoms with van der Waals surface area (Å²) in [6, 6.07) is 7.43. The maximum Gasteiger partial charge on any atom is 0.459 e. The molecule has 14 heteroatoms. The monoisotopic (exact) mass is 466 g/mol. The van der Waals surface area contributed by atoms with Gasteiger partial charge in [0.2, 0.25) is 5.95 Å². The number of nitrogens with one attached hydrogen (secondary N) is 2. The molecule has 0 saturated heterocycles. The molecular formula is C18H23N6O7P. The Bertz CT molecular complexity index is 1170. The average Bonchev–Trinajstić information content (AvgIpc) is 3.16. The first-order chi connectivity index (χ1) is 15.3. The number of benzene rings is 1. The Labute approximate surface area is 182 Å². The highest BCUT2D eigenvalue weighted by atomic mass is 31.2. The summed E-state index contributed by atoms with van der Waals surface area (Å²) in [7, 11) is -2.72. The number of ether oxygens (including phenoxy) is 2. The van der Waals surface area contributed by atoms with Crippen LogP contribution in [0.1, 0.15) is 6.92 Å². The van der Waals surface area contributed by atoms with Crippen LogP contribution in [-0.2, 0) is 30.1 Å². The molecule has 32 heavy (non-hydrogen) atoms. The molecule has 0 aliphatic heterocycles. The van der Waals surface area contributed by atoms with Gasteiger partial charge in [0.1, 0.15) is 18.5 Å². The molecule has 0 spiro atoms. The van der Waals surface area contributed by atoms with Gasteiger partial charge in [-0.2, -0.15) is 10.1 Å². The van der Waals surface area contributed by atoms with E-state index in [1.54, 1.807) is 30.3 Å². The van der Waals surface area contributed by atoms with E-state index in [4.69, 9.17) is 19.5 Å². The van der Waals surface area contributed by atoms with E-state index >= 15 is 0 Å². The fraction of sp³-hybridized carbons (Fsp3) is 0.333. The largest absolute Gasteiger partial charge is 0.468 e. The summed E-state index contributed by atoms with van der Waals surface area (Å²) in [5.74, 6) is -0.382. The van der Waals surface area contributed by atoms with Crippen molar-refractivity contribution in [3.8, 4) is 5.75 Å². The topological polar surface area (TPSA) is 173 Å². The van der Waals surface area contributed by atoms with Crippen molar-refractivity contribution in [3.05, 3.63) is 47.0 Å². The summed E-state index contributed by atoms with van der Waals surface area (Å²) in [4.78, 5) is 33.9. The maximum absolute atomic E-state index is 13.2. The Morgan fingerprint density at radius 3 is 2.78 bits per heavy atom. The fourth-order valence-electron chi connectivity index (χ4n) is 2.62. The second-order valence-corrected chi connectivity index (χ2v) is 8.18. The zero-order chi connectivity index (χ0) is 23.1. The van der Waals surface area contributed by atoms with Crippen LogP contribution in [0.15, 0.2) is 41.5 Å². The van der Waals surface area contributed by atoms with E-state index in [1.807, 2.05) is 0 Å².